The van der Waals surface area contributed by atoms with Crippen LogP contribution in [-0.4, -0.2) is 5.78 Å². The van der Waals surface area contributed by atoms with Gasteiger partial charge in [-0.05, 0) is 24.8 Å². The molecule has 0 amide bonds. The number of carbonyl (C=O) groups is 1. The van der Waals surface area contributed by atoms with Gasteiger partial charge in [-0.25, -0.2) is 0 Å². The molecule has 0 heterocycles. The Balaban J connectivity index is 2.28. The summed E-state index contributed by atoms with van der Waals surface area (Å²) in [6.07, 6.45) is 8.76. The predicted octanol–water partition coefficient (Wildman–Crippen LogP) is 2.32. The van der Waals surface area contributed by atoms with Crippen LogP contribution in [0.15, 0.2) is 12.2 Å². The molecule has 2 rings (SSSR count). The van der Waals surface area contributed by atoms with Gasteiger partial charge in [0.25, 0.3) is 0 Å². The third kappa shape index (κ3) is 0.867. The molecule has 60 valence electrons. The van der Waals surface area contributed by atoms with Gasteiger partial charge in [0.05, 0.1) is 0 Å². The zero-order chi connectivity index (χ0) is 7.90. The van der Waals surface area contributed by atoms with E-state index in [9.17, 15) is 4.79 Å². The zero-order valence-electron chi connectivity index (χ0n) is 6.97. The van der Waals surface area contributed by atoms with Gasteiger partial charge in [-0.3, -0.25) is 4.79 Å². The minimum atomic E-state index is -0.00174. The lowest BCUT2D eigenvalue weighted by Crippen LogP contribution is -2.32. The standard InChI is InChI=1S/C10H14O/c1-10-7-3-2-4-8(10)5-6-9(10)11/h5-6,8H,2-4,7H2,1H3/t8-,10-/m0/s1. The van der Waals surface area contributed by atoms with Gasteiger partial charge in [-0.15, -0.1) is 0 Å². The Morgan fingerprint density at radius 2 is 2.36 bits per heavy atom. The summed E-state index contributed by atoms with van der Waals surface area (Å²) in [5.74, 6) is 0.922. The molecule has 0 unspecified atom stereocenters. The first-order valence-corrected chi connectivity index (χ1v) is 4.46. The van der Waals surface area contributed by atoms with Crippen molar-refractivity contribution in [1.29, 1.82) is 0 Å². The fraction of sp³-hybridized carbons (Fsp3) is 0.700. The monoisotopic (exact) mass is 150 g/mol. The van der Waals surface area contributed by atoms with Crippen LogP contribution in [0.4, 0.5) is 0 Å². The van der Waals surface area contributed by atoms with E-state index in [0.717, 1.165) is 6.42 Å². The van der Waals surface area contributed by atoms with Crippen LogP contribution in [0.5, 0.6) is 0 Å². The van der Waals surface area contributed by atoms with E-state index in [1.165, 1.54) is 19.3 Å². The van der Waals surface area contributed by atoms with Crippen LogP contribution in [0, 0.1) is 11.3 Å². The Morgan fingerprint density at radius 3 is 3.09 bits per heavy atom. The number of rotatable bonds is 0. The van der Waals surface area contributed by atoms with Crippen molar-refractivity contribution in [2.45, 2.75) is 32.6 Å². The molecule has 0 bridgehead atoms. The summed E-state index contributed by atoms with van der Waals surface area (Å²) in [5, 5.41) is 0. The topological polar surface area (TPSA) is 17.1 Å². The van der Waals surface area contributed by atoms with Crippen LogP contribution >= 0.6 is 0 Å². The van der Waals surface area contributed by atoms with Gasteiger partial charge in [0.1, 0.15) is 0 Å². The summed E-state index contributed by atoms with van der Waals surface area (Å²) >= 11 is 0. The third-order valence-electron chi connectivity index (χ3n) is 3.32. The molecule has 2 aliphatic rings. The van der Waals surface area contributed by atoms with Gasteiger partial charge in [0.15, 0.2) is 5.78 Å². The predicted molar refractivity (Wildman–Crippen MR) is 44.2 cm³/mol. The van der Waals surface area contributed by atoms with E-state index in [1.807, 2.05) is 0 Å². The molecule has 0 aliphatic heterocycles. The molecule has 11 heavy (non-hydrogen) atoms. The molecule has 0 aromatic carbocycles. The Bertz CT molecular complexity index is 217. The van der Waals surface area contributed by atoms with Crippen LogP contribution in [0.2, 0.25) is 0 Å². The van der Waals surface area contributed by atoms with Crippen molar-refractivity contribution in [1.82, 2.24) is 0 Å². The molecule has 2 atom stereocenters. The SMILES string of the molecule is C[C@]12CCCC[C@H]1C=CC2=O. The maximum Gasteiger partial charge on any atom is 0.161 e. The zero-order valence-corrected chi connectivity index (χ0v) is 6.97. The summed E-state index contributed by atoms with van der Waals surface area (Å²) in [5.41, 5.74) is -0.00174. The van der Waals surface area contributed by atoms with E-state index < -0.39 is 0 Å². The Labute approximate surface area is 67.5 Å². The van der Waals surface area contributed by atoms with Crippen LogP contribution < -0.4 is 0 Å². The fourth-order valence-electron chi connectivity index (χ4n) is 2.37. The molecule has 1 heteroatoms. The minimum absolute atomic E-state index is 0.00174. The normalized spacial score (nSPS) is 42.6. The molecule has 1 fully saturated rings. The van der Waals surface area contributed by atoms with Crippen molar-refractivity contribution < 1.29 is 4.79 Å². The average Bonchev–Trinajstić information content (AvgIpc) is 2.29. The second kappa shape index (κ2) is 2.20. The van der Waals surface area contributed by atoms with Crippen LogP contribution in [0.25, 0.3) is 0 Å². The van der Waals surface area contributed by atoms with Crippen molar-refractivity contribution in [3.05, 3.63) is 12.2 Å². The number of hydrogen-bond donors (Lipinski definition) is 0. The average molecular weight is 150 g/mol. The Kier molecular flexibility index (Phi) is 1.41. The summed E-state index contributed by atoms with van der Waals surface area (Å²) in [6.45, 7) is 2.12. The summed E-state index contributed by atoms with van der Waals surface area (Å²) in [4.78, 5) is 11.4. The second-order valence-electron chi connectivity index (χ2n) is 3.99. The molecule has 2 aliphatic carbocycles. The van der Waals surface area contributed by atoms with E-state index >= 15 is 0 Å². The highest BCUT2D eigenvalue weighted by Gasteiger charge is 2.43. The number of hydrogen-bond acceptors (Lipinski definition) is 1. The van der Waals surface area contributed by atoms with Crippen LogP contribution in [0.3, 0.4) is 0 Å². The highest BCUT2D eigenvalue weighted by molar-refractivity contribution is 5.97. The molecule has 0 N–H and O–H groups in total. The van der Waals surface area contributed by atoms with Crippen LogP contribution in [-0.2, 0) is 4.79 Å². The largest absolute Gasteiger partial charge is 0.294 e. The summed E-state index contributed by atoms with van der Waals surface area (Å²) in [7, 11) is 0. The summed E-state index contributed by atoms with van der Waals surface area (Å²) < 4.78 is 0. The maximum absolute atomic E-state index is 11.4. The van der Waals surface area contributed by atoms with Gasteiger partial charge in [0, 0.05) is 5.41 Å². The first kappa shape index (κ1) is 7.08. The van der Waals surface area contributed by atoms with E-state index in [1.54, 1.807) is 6.08 Å². The number of allylic oxidation sites excluding steroid dienone is 2. The molecule has 0 spiro atoms. The van der Waals surface area contributed by atoms with Gasteiger partial charge in [0.2, 0.25) is 0 Å². The van der Waals surface area contributed by atoms with Gasteiger partial charge in [-0.2, -0.15) is 0 Å². The molecular weight excluding hydrogens is 136 g/mol. The van der Waals surface area contributed by atoms with Crippen molar-refractivity contribution >= 4 is 5.78 Å². The Morgan fingerprint density at radius 1 is 1.55 bits per heavy atom. The summed E-state index contributed by atoms with van der Waals surface area (Å²) in [6, 6.07) is 0. The lowest BCUT2D eigenvalue weighted by atomic mass is 9.69. The fourth-order valence-corrected chi connectivity index (χ4v) is 2.37. The number of ketones is 1. The quantitative estimate of drug-likeness (QED) is 0.518. The van der Waals surface area contributed by atoms with Gasteiger partial charge >= 0.3 is 0 Å². The first-order chi connectivity index (χ1) is 5.23. The van der Waals surface area contributed by atoms with Crippen LogP contribution in [0.1, 0.15) is 32.6 Å². The smallest absolute Gasteiger partial charge is 0.161 e. The Hall–Kier alpha value is -0.590. The molecule has 1 saturated carbocycles. The third-order valence-corrected chi connectivity index (χ3v) is 3.32. The van der Waals surface area contributed by atoms with E-state index in [2.05, 4.69) is 13.0 Å². The van der Waals surface area contributed by atoms with Crippen molar-refractivity contribution in [2.75, 3.05) is 0 Å². The van der Waals surface area contributed by atoms with E-state index in [-0.39, 0.29) is 5.41 Å². The highest BCUT2D eigenvalue weighted by atomic mass is 16.1. The van der Waals surface area contributed by atoms with E-state index in [4.69, 9.17) is 0 Å². The number of fused-ring (bicyclic) bond motifs is 1. The molecular formula is C10H14O. The van der Waals surface area contributed by atoms with Crippen molar-refractivity contribution in [3.63, 3.8) is 0 Å². The molecule has 1 nitrogen and oxygen atoms in total. The minimum Gasteiger partial charge on any atom is -0.294 e. The first-order valence-electron chi connectivity index (χ1n) is 4.46. The maximum atomic E-state index is 11.4. The highest BCUT2D eigenvalue weighted by Crippen LogP contribution is 2.45. The van der Waals surface area contributed by atoms with Crippen molar-refractivity contribution in [2.24, 2.45) is 11.3 Å². The lowest BCUT2D eigenvalue weighted by molar-refractivity contribution is -0.125. The molecule has 0 radical (unpaired) electrons. The second-order valence-corrected chi connectivity index (χ2v) is 3.99. The van der Waals surface area contributed by atoms with Gasteiger partial charge < -0.3 is 0 Å². The molecule has 0 aromatic rings. The molecule has 0 saturated heterocycles. The van der Waals surface area contributed by atoms with Crippen molar-refractivity contribution in [3.8, 4) is 0 Å². The van der Waals surface area contributed by atoms with E-state index in [0.29, 0.717) is 11.7 Å². The van der Waals surface area contributed by atoms with Gasteiger partial charge in [-0.1, -0.05) is 25.8 Å². The lowest BCUT2D eigenvalue weighted by Gasteiger charge is -2.34. The molecule has 0 aromatic heterocycles. The number of carbonyl (C=O) groups excluding carboxylic acids is 1.